The number of hydrogen-bond acceptors (Lipinski definition) is 1. The van der Waals surface area contributed by atoms with Crippen molar-refractivity contribution in [2.45, 2.75) is 43.2 Å². The first-order valence-corrected chi connectivity index (χ1v) is 18.5. The zero-order valence-corrected chi connectivity index (χ0v) is 21.7. The van der Waals surface area contributed by atoms with Crippen molar-refractivity contribution in [3.8, 4) is 22.4 Å². The second-order valence-electron chi connectivity index (χ2n) is 9.88. The fourth-order valence-corrected chi connectivity index (χ4v) is 6.65. The third-order valence-corrected chi connectivity index (χ3v) is 10.4. The number of alkyl halides is 3. The zero-order chi connectivity index (χ0) is 24.0. The molecule has 0 N–H and O–H groups in total. The molecule has 3 aromatic carbocycles. The van der Waals surface area contributed by atoms with Crippen molar-refractivity contribution in [1.29, 1.82) is 0 Å². The molecule has 0 unspecified atom stereocenters. The van der Waals surface area contributed by atoms with Crippen LogP contribution in [0.5, 0.6) is 0 Å². The molecular formula is C28H28F3GeN. The van der Waals surface area contributed by atoms with Gasteiger partial charge in [0.15, 0.2) is 0 Å². The average Bonchev–Trinajstić information content (AvgIpc) is 2.76. The van der Waals surface area contributed by atoms with Gasteiger partial charge < -0.3 is 0 Å². The van der Waals surface area contributed by atoms with Crippen LogP contribution in [0.25, 0.3) is 33.2 Å². The monoisotopic (exact) mass is 509 g/mol. The van der Waals surface area contributed by atoms with Crippen molar-refractivity contribution in [2.24, 2.45) is 0 Å². The quantitative estimate of drug-likeness (QED) is 0.253. The Morgan fingerprint density at radius 2 is 1.55 bits per heavy atom. The van der Waals surface area contributed by atoms with Crippen LogP contribution in [0, 0.1) is 0 Å². The van der Waals surface area contributed by atoms with Gasteiger partial charge in [-0.15, -0.1) is 0 Å². The third-order valence-electron chi connectivity index (χ3n) is 6.07. The van der Waals surface area contributed by atoms with E-state index in [0.29, 0.717) is 17.2 Å². The molecule has 0 atom stereocenters. The van der Waals surface area contributed by atoms with E-state index in [1.165, 1.54) is 17.0 Å². The SMILES string of the molecule is CC(C)c1cc(-c2cc(-c3cc[c]([Ge]([CH3])([CH3])[CH3])cc3C(F)(F)F)ccn2)cc2ccccc12. The van der Waals surface area contributed by atoms with Gasteiger partial charge in [0.05, 0.1) is 0 Å². The number of rotatable bonds is 4. The van der Waals surface area contributed by atoms with Gasteiger partial charge in [-0.2, -0.15) is 0 Å². The maximum atomic E-state index is 14.0. The number of hydrogen-bond donors (Lipinski definition) is 0. The van der Waals surface area contributed by atoms with Gasteiger partial charge in [-0.25, -0.2) is 0 Å². The van der Waals surface area contributed by atoms with E-state index >= 15 is 0 Å². The van der Waals surface area contributed by atoms with Crippen molar-refractivity contribution in [1.82, 2.24) is 4.98 Å². The van der Waals surface area contributed by atoms with E-state index in [1.54, 1.807) is 24.4 Å². The summed E-state index contributed by atoms with van der Waals surface area (Å²) in [5.74, 6) is 6.62. The summed E-state index contributed by atoms with van der Waals surface area (Å²) < 4.78 is 43.0. The van der Waals surface area contributed by atoms with Gasteiger partial charge in [0, 0.05) is 0 Å². The normalized spacial score (nSPS) is 12.5. The van der Waals surface area contributed by atoms with Crippen LogP contribution in [0.3, 0.4) is 0 Å². The fourth-order valence-electron chi connectivity index (χ4n) is 4.22. The molecule has 5 heteroatoms. The Kier molecular flexibility index (Phi) is 6.17. The van der Waals surface area contributed by atoms with Gasteiger partial charge in [-0.05, 0) is 0 Å². The van der Waals surface area contributed by atoms with Gasteiger partial charge in [-0.1, -0.05) is 6.07 Å². The van der Waals surface area contributed by atoms with Crippen LogP contribution in [0.1, 0.15) is 30.9 Å². The average molecular weight is 508 g/mol. The van der Waals surface area contributed by atoms with E-state index in [-0.39, 0.29) is 5.56 Å². The Balaban J connectivity index is 1.88. The minimum absolute atomic E-state index is 0.200. The molecule has 0 aliphatic heterocycles. The van der Waals surface area contributed by atoms with Crippen molar-refractivity contribution in [2.75, 3.05) is 0 Å². The minimum atomic E-state index is -4.42. The molecule has 1 aromatic heterocycles. The standard InChI is InChI=1S/C28H28F3GeN/c1-18(2)25-15-21(14-19-8-6-7-9-23(19)25)27-16-20(12-13-33-27)24-11-10-22(32(3,4)5)17-26(24)28(29,30)31/h6-18H,1-5H3. The molecule has 0 saturated heterocycles. The van der Waals surface area contributed by atoms with E-state index in [1.807, 2.05) is 18.2 Å². The van der Waals surface area contributed by atoms with Crippen molar-refractivity contribution >= 4 is 28.4 Å². The Bertz CT molecular complexity index is 1320. The molecular weight excluding hydrogens is 480 g/mol. The molecule has 0 fully saturated rings. The Morgan fingerprint density at radius 1 is 0.818 bits per heavy atom. The number of benzene rings is 3. The summed E-state index contributed by atoms with van der Waals surface area (Å²) in [5.41, 5.74) is 2.94. The van der Waals surface area contributed by atoms with Crippen LogP contribution in [-0.4, -0.2) is 18.3 Å². The van der Waals surface area contributed by atoms with Gasteiger partial charge in [0.1, 0.15) is 0 Å². The van der Waals surface area contributed by atoms with Crippen molar-refractivity contribution in [3.05, 3.63) is 84.1 Å². The summed E-state index contributed by atoms with van der Waals surface area (Å²) >= 11 is -2.42. The van der Waals surface area contributed by atoms with E-state index in [9.17, 15) is 13.2 Å². The van der Waals surface area contributed by atoms with E-state index < -0.39 is 25.0 Å². The summed E-state index contributed by atoms with van der Waals surface area (Å²) in [6.45, 7) is 4.29. The van der Waals surface area contributed by atoms with Crippen LogP contribution in [0.2, 0.25) is 17.3 Å². The van der Waals surface area contributed by atoms with Crippen LogP contribution in [0.15, 0.2) is 72.9 Å². The molecule has 4 aromatic rings. The first kappa shape index (κ1) is 23.6. The summed E-state index contributed by atoms with van der Waals surface area (Å²) in [4.78, 5) is 4.52. The predicted molar refractivity (Wildman–Crippen MR) is 135 cm³/mol. The third kappa shape index (κ3) is 4.86. The summed E-state index contributed by atoms with van der Waals surface area (Å²) in [6, 6.07) is 20.7. The van der Waals surface area contributed by atoms with Crippen molar-refractivity contribution < 1.29 is 13.2 Å². The molecule has 0 saturated carbocycles. The molecule has 1 nitrogen and oxygen atoms in total. The van der Waals surface area contributed by atoms with Gasteiger partial charge in [-0.3, -0.25) is 0 Å². The molecule has 4 rings (SSSR count). The first-order chi connectivity index (χ1) is 15.4. The topological polar surface area (TPSA) is 12.9 Å². The number of halogens is 3. The number of aromatic nitrogens is 1. The van der Waals surface area contributed by atoms with Crippen LogP contribution in [0.4, 0.5) is 13.2 Å². The Hall–Kier alpha value is -2.60. The van der Waals surface area contributed by atoms with Gasteiger partial charge >= 0.3 is 190 Å². The second-order valence-corrected chi connectivity index (χ2v) is 20.5. The predicted octanol–water partition coefficient (Wildman–Crippen LogP) is 8.26. The maximum absolute atomic E-state index is 14.0. The number of nitrogens with zero attached hydrogens (tertiary/aromatic N) is 1. The summed E-state index contributed by atoms with van der Waals surface area (Å²) in [7, 11) is 0. The van der Waals surface area contributed by atoms with Crippen LogP contribution >= 0.6 is 0 Å². The number of pyridine rings is 1. The molecule has 170 valence electrons. The molecule has 0 bridgehead atoms. The Labute approximate surface area is 196 Å². The molecule has 0 aliphatic carbocycles. The molecule has 0 spiro atoms. The molecule has 0 amide bonds. The van der Waals surface area contributed by atoms with Gasteiger partial charge in [0.2, 0.25) is 0 Å². The number of fused-ring (bicyclic) bond motifs is 1. The Morgan fingerprint density at radius 3 is 2.21 bits per heavy atom. The van der Waals surface area contributed by atoms with Crippen molar-refractivity contribution in [3.63, 3.8) is 0 Å². The summed E-state index contributed by atoms with van der Waals surface area (Å²) in [6.07, 6.45) is -2.82. The molecule has 0 aliphatic rings. The van der Waals surface area contributed by atoms with Crippen LogP contribution in [-0.2, 0) is 6.18 Å². The fraction of sp³-hybridized carbons (Fsp3) is 0.250. The molecule has 1 heterocycles. The first-order valence-electron chi connectivity index (χ1n) is 11.2. The van der Waals surface area contributed by atoms with Crippen LogP contribution < -0.4 is 4.40 Å². The van der Waals surface area contributed by atoms with E-state index in [0.717, 1.165) is 15.3 Å². The van der Waals surface area contributed by atoms with E-state index in [4.69, 9.17) is 0 Å². The second kappa shape index (κ2) is 8.64. The molecule has 33 heavy (non-hydrogen) atoms. The molecule has 0 radical (unpaired) electrons. The van der Waals surface area contributed by atoms with Gasteiger partial charge in [0.25, 0.3) is 0 Å². The summed E-state index contributed by atoms with van der Waals surface area (Å²) in [5, 5.41) is 2.29. The van der Waals surface area contributed by atoms with E-state index in [2.05, 4.69) is 60.4 Å². The zero-order valence-electron chi connectivity index (χ0n) is 19.6.